The van der Waals surface area contributed by atoms with Gasteiger partial charge in [0.15, 0.2) is 5.76 Å². The summed E-state index contributed by atoms with van der Waals surface area (Å²) in [5, 5.41) is 6.25. The Balaban J connectivity index is 1.50. The first-order valence-electron chi connectivity index (χ1n) is 7.55. The number of benzene rings is 2. The van der Waals surface area contributed by atoms with Crippen molar-refractivity contribution in [2.75, 3.05) is 11.9 Å². The fourth-order valence-corrected chi connectivity index (χ4v) is 2.49. The maximum absolute atomic E-state index is 13.7. The molecule has 0 unspecified atom stereocenters. The molecule has 0 spiro atoms. The second-order valence-electron chi connectivity index (χ2n) is 5.35. The van der Waals surface area contributed by atoms with Crippen LogP contribution in [0, 0.1) is 11.6 Å². The number of nitrogens with zero attached hydrogens (tertiary/aromatic N) is 1. The van der Waals surface area contributed by atoms with Crippen LogP contribution in [0.15, 0.2) is 57.5 Å². The van der Waals surface area contributed by atoms with Gasteiger partial charge in [0.25, 0.3) is 0 Å². The minimum absolute atomic E-state index is 0.0426. The molecule has 1 heterocycles. The molecule has 1 N–H and O–H groups in total. The summed E-state index contributed by atoms with van der Waals surface area (Å²) in [5.74, 6) is -0.920. The number of carbonyl (C=O) groups is 1. The Labute approximate surface area is 156 Å². The van der Waals surface area contributed by atoms with Crippen molar-refractivity contribution >= 4 is 27.5 Å². The van der Waals surface area contributed by atoms with Crippen LogP contribution >= 0.6 is 15.9 Å². The average Bonchev–Trinajstić information content (AvgIpc) is 3.07. The van der Waals surface area contributed by atoms with E-state index in [0.29, 0.717) is 21.5 Å². The Morgan fingerprint density at radius 1 is 1.15 bits per heavy atom. The zero-order chi connectivity index (χ0) is 18.5. The predicted octanol–water partition coefficient (Wildman–Crippen LogP) is 4.54. The molecule has 0 saturated carbocycles. The van der Waals surface area contributed by atoms with Crippen molar-refractivity contribution in [1.29, 1.82) is 0 Å². The van der Waals surface area contributed by atoms with Crippen molar-refractivity contribution in [3.8, 4) is 11.3 Å². The fourth-order valence-electron chi connectivity index (χ4n) is 2.16. The largest absolute Gasteiger partial charge is 0.365 e. The highest BCUT2D eigenvalue weighted by Crippen LogP contribution is 2.21. The fraction of sp³-hybridized carbons (Fsp3) is 0.111. The molecule has 5 nitrogen and oxygen atoms in total. The van der Waals surface area contributed by atoms with Gasteiger partial charge in [0, 0.05) is 16.1 Å². The van der Waals surface area contributed by atoms with Crippen LogP contribution in [0.1, 0.15) is 5.69 Å². The molecule has 0 radical (unpaired) electrons. The van der Waals surface area contributed by atoms with Crippen LogP contribution in [0.4, 0.5) is 14.5 Å². The Morgan fingerprint density at radius 2 is 1.92 bits per heavy atom. The number of halogens is 3. The standard InChI is InChI=1S/C18H13BrF2N2O3/c19-12-3-6-16(15(21)7-12)22-18(24)10-25-9-14-8-17(26-23-14)11-1-4-13(20)5-2-11/h1-8H,9-10H2,(H,22,24). The lowest BCUT2D eigenvalue weighted by Gasteiger charge is -2.06. The van der Waals surface area contributed by atoms with Gasteiger partial charge in [-0.05, 0) is 42.5 Å². The topological polar surface area (TPSA) is 64.4 Å². The third-order valence-electron chi connectivity index (χ3n) is 3.38. The molecule has 1 aromatic heterocycles. The molecule has 0 fully saturated rings. The number of aromatic nitrogens is 1. The SMILES string of the molecule is O=C(COCc1cc(-c2ccc(F)cc2)on1)Nc1ccc(Br)cc1F. The number of nitrogens with one attached hydrogen (secondary N) is 1. The van der Waals surface area contributed by atoms with Crippen molar-refractivity contribution in [3.63, 3.8) is 0 Å². The molecule has 3 aromatic rings. The van der Waals surface area contributed by atoms with E-state index in [1.807, 2.05) is 0 Å². The summed E-state index contributed by atoms with van der Waals surface area (Å²) >= 11 is 3.14. The highest BCUT2D eigenvalue weighted by Gasteiger charge is 2.10. The van der Waals surface area contributed by atoms with Gasteiger partial charge in [-0.25, -0.2) is 8.78 Å². The molecular weight excluding hydrogens is 410 g/mol. The first kappa shape index (κ1) is 18.2. The Morgan fingerprint density at radius 3 is 2.65 bits per heavy atom. The summed E-state index contributed by atoms with van der Waals surface area (Å²) in [7, 11) is 0. The Kier molecular flexibility index (Phi) is 5.75. The molecule has 0 bridgehead atoms. The molecule has 2 aromatic carbocycles. The predicted molar refractivity (Wildman–Crippen MR) is 94.3 cm³/mol. The lowest BCUT2D eigenvalue weighted by molar-refractivity contribution is -0.121. The molecule has 0 aliphatic rings. The van der Waals surface area contributed by atoms with Crippen molar-refractivity contribution in [2.24, 2.45) is 0 Å². The van der Waals surface area contributed by atoms with Gasteiger partial charge in [0.05, 0.1) is 12.3 Å². The van der Waals surface area contributed by atoms with E-state index in [1.165, 1.54) is 24.3 Å². The van der Waals surface area contributed by atoms with Gasteiger partial charge >= 0.3 is 0 Å². The highest BCUT2D eigenvalue weighted by atomic mass is 79.9. The minimum atomic E-state index is -0.548. The van der Waals surface area contributed by atoms with Gasteiger partial charge in [-0.1, -0.05) is 21.1 Å². The van der Waals surface area contributed by atoms with Crippen molar-refractivity contribution in [1.82, 2.24) is 5.16 Å². The van der Waals surface area contributed by atoms with Gasteiger partial charge in [-0.2, -0.15) is 0 Å². The summed E-state index contributed by atoms with van der Waals surface area (Å²) < 4.78 is 37.6. The number of carbonyl (C=O) groups excluding carboxylic acids is 1. The summed E-state index contributed by atoms with van der Waals surface area (Å²) in [6.45, 7) is -0.227. The van der Waals surface area contributed by atoms with E-state index in [1.54, 1.807) is 24.3 Å². The van der Waals surface area contributed by atoms with E-state index in [-0.39, 0.29) is 24.7 Å². The van der Waals surface area contributed by atoms with Crippen LogP contribution in [-0.4, -0.2) is 17.7 Å². The number of ether oxygens (including phenoxy) is 1. The van der Waals surface area contributed by atoms with E-state index in [9.17, 15) is 13.6 Å². The Hall–Kier alpha value is -2.58. The molecule has 0 aliphatic heterocycles. The van der Waals surface area contributed by atoms with E-state index < -0.39 is 11.7 Å². The van der Waals surface area contributed by atoms with Gasteiger partial charge < -0.3 is 14.6 Å². The van der Waals surface area contributed by atoms with Gasteiger partial charge in [-0.3, -0.25) is 4.79 Å². The van der Waals surface area contributed by atoms with Crippen LogP contribution in [0.2, 0.25) is 0 Å². The zero-order valence-corrected chi connectivity index (χ0v) is 14.9. The Bertz CT molecular complexity index is 913. The number of anilines is 1. The van der Waals surface area contributed by atoms with Gasteiger partial charge in [0.1, 0.15) is 23.9 Å². The minimum Gasteiger partial charge on any atom is -0.365 e. The lowest BCUT2D eigenvalue weighted by atomic mass is 10.1. The third-order valence-corrected chi connectivity index (χ3v) is 3.87. The van der Waals surface area contributed by atoms with E-state index >= 15 is 0 Å². The number of hydrogen-bond donors (Lipinski definition) is 1. The number of rotatable bonds is 6. The molecule has 1 amide bonds. The smallest absolute Gasteiger partial charge is 0.250 e. The van der Waals surface area contributed by atoms with Gasteiger partial charge in [0.2, 0.25) is 5.91 Å². The molecule has 0 aliphatic carbocycles. The molecule has 8 heteroatoms. The summed E-state index contributed by atoms with van der Waals surface area (Å²) in [4.78, 5) is 11.8. The number of amides is 1. The molecule has 3 rings (SSSR count). The highest BCUT2D eigenvalue weighted by molar-refractivity contribution is 9.10. The second-order valence-corrected chi connectivity index (χ2v) is 6.27. The van der Waals surface area contributed by atoms with Crippen molar-refractivity contribution in [3.05, 3.63) is 70.3 Å². The summed E-state index contributed by atoms with van der Waals surface area (Å²) in [5.41, 5.74) is 1.22. The second kappa shape index (κ2) is 8.20. The average molecular weight is 423 g/mol. The molecular formula is C18H13BrF2N2O3. The lowest BCUT2D eigenvalue weighted by Crippen LogP contribution is -2.19. The van der Waals surface area contributed by atoms with E-state index in [0.717, 1.165) is 0 Å². The first-order valence-corrected chi connectivity index (χ1v) is 8.35. The quantitative estimate of drug-likeness (QED) is 0.633. The van der Waals surface area contributed by atoms with Crippen LogP contribution < -0.4 is 5.32 Å². The van der Waals surface area contributed by atoms with Crippen LogP contribution in [0.3, 0.4) is 0 Å². The maximum Gasteiger partial charge on any atom is 0.250 e. The summed E-state index contributed by atoms with van der Waals surface area (Å²) in [6, 6.07) is 11.7. The van der Waals surface area contributed by atoms with Crippen molar-refractivity contribution in [2.45, 2.75) is 6.61 Å². The molecule has 26 heavy (non-hydrogen) atoms. The van der Waals surface area contributed by atoms with Crippen molar-refractivity contribution < 1.29 is 22.8 Å². The monoisotopic (exact) mass is 422 g/mol. The van der Waals surface area contributed by atoms with Crippen LogP contribution in [0.5, 0.6) is 0 Å². The molecule has 0 saturated heterocycles. The first-order chi connectivity index (χ1) is 12.5. The maximum atomic E-state index is 13.7. The van der Waals surface area contributed by atoms with E-state index in [2.05, 4.69) is 26.4 Å². The number of hydrogen-bond acceptors (Lipinski definition) is 4. The van der Waals surface area contributed by atoms with Crippen LogP contribution in [0.25, 0.3) is 11.3 Å². The normalized spacial score (nSPS) is 10.7. The summed E-state index contributed by atoms with van der Waals surface area (Å²) in [6.07, 6.45) is 0. The van der Waals surface area contributed by atoms with E-state index in [4.69, 9.17) is 9.26 Å². The molecule has 134 valence electrons. The zero-order valence-electron chi connectivity index (χ0n) is 13.3. The van der Waals surface area contributed by atoms with Crippen LogP contribution in [-0.2, 0) is 16.1 Å². The van der Waals surface area contributed by atoms with Gasteiger partial charge in [-0.15, -0.1) is 0 Å². The third kappa shape index (κ3) is 4.74. The molecule has 0 atom stereocenters.